The molecule has 4 saturated heterocycles. The molecule has 0 saturated carbocycles. The van der Waals surface area contributed by atoms with Crippen molar-refractivity contribution in [2.24, 2.45) is 23.7 Å². The molecule has 4 fully saturated rings. The van der Waals surface area contributed by atoms with Crippen LogP contribution in [0.1, 0.15) is 80.1 Å². The Balaban J connectivity index is 1.09. The molecular formula is C40H68N2O12S4. The van der Waals surface area contributed by atoms with Gasteiger partial charge in [-0.05, 0) is 38.5 Å². The van der Waals surface area contributed by atoms with Gasteiger partial charge in [-0.3, -0.25) is 0 Å². The summed E-state index contributed by atoms with van der Waals surface area (Å²) in [5, 5.41) is 21.1. The number of rotatable bonds is 19. The molecule has 4 aliphatic heterocycles. The first kappa shape index (κ1) is 49.8. The van der Waals surface area contributed by atoms with E-state index >= 15 is 0 Å². The summed E-state index contributed by atoms with van der Waals surface area (Å²) in [7, 11) is 3.22. The van der Waals surface area contributed by atoms with Crippen molar-refractivity contribution in [3.05, 3.63) is 0 Å². The van der Waals surface area contributed by atoms with Crippen LogP contribution in [0.15, 0.2) is 0 Å². The molecule has 4 heterocycles. The second-order valence-corrected chi connectivity index (χ2v) is 19.2. The van der Waals surface area contributed by atoms with Crippen LogP contribution in [0.5, 0.6) is 0 Å². The zero-order chi connectivity index (χ0) is 42.5. The number of methoxy groups -OCH3 is 2. The second-order valence-electron chi connectivity index (χ2n) is 15.9. The third-order valence-corrected chi connectivity index (χ3v) is 15.0. The molecule has 4 aliphatic rings. The van der Waals surface area contributed by atoms with Crippen molar-refractivity contribution in [2.75, 3.05) is 65.2 Å². The Morgan fingerprint density at radius 3 is 1.41 bits per heavy atom. The van der Waals surface area contributed by atoms with Crippen molar-refractivity contribution < 1.29 is 57.7 Å². The third kappa shape index (κ3) is 13.3. The van der Waals surface area contributed by atoms with Crippen LogP contribution in [0.2, 0.25) is 0 Å². The molecule has 14 nitrogen and oxygen atoms in total. The molecule has 4 rings (SSSR count). The van der Waals surface area contributed by atoms with E-state index in [0.717, 1.165) is 25.7 Å². The predicted octanol–water partition coefficient (Wildman–Crippen LogP) is 4.64. The standard InChI is InChI=1S/C40H68N2O12S4/c1-9-31-23(3)33(25(5)37(47-7)51-31)53-35(45)29-13-11-15-41(29)39(55)57-21-27(43)19-49-17-18-50-20-28(44)22-58-40(56)42-16-12-14-30(42)36(46)54-34-24(4)32(10-2)52-38(48-8)26(34)6/h23-34,37-38,43-44H,9-22H2,1-8H3. The number of carbonyl (C=O) groups excluding carboxylic acids is 2. The van der Waals surface area contributed by atoms with Crippen molar-refractivity contribution in [1.29, 1.82) is 0 Å². The molecule has 18 heteroatoms. The topological polar surface area (TPSA) is 155 Å². The van der Waals surface area contributed by atoms with Gasteiger partial charge in [0.05, 0.1) is 50.8 Å². The molecule has 0 amide bonds. The summed E-state index contributed by atoms with van der Waals surface area (Å²) in [5.74, 6) is -0.105. The highest BCUT2D eigenvalue weighted by molar-refractivity contribution is 8.23. The fraction of sp³-hybridized carbons (Fsp3) is 0.900. The highest BCUT2D eigenvalue weighted by Crippen LogP contribution is 2.37. The van der Waals surface area contributed by atoms with E-state index in [4.69, 9.17) is 62.3 Å². The number of thioether (sulfide) groups is 2. The zero-order valence-electron chi connectivity index (χ0n) is 35.5. The molecule has 0 aliphatic carbocycles. The summed E-state index contributed by atoms with van der Waals surface area (Å²) >= 11 is 14.0. The molecule has 14 unspecified atom stereocenters. The van der Waals surface area contributed by atoms with Gasteiger partial charge in [0, 0.05) is 62.5 Å². The van der Waals surface area contributed by atoms with Crippen LogP contribution in [0.4, 0.5) is 0 Å². The van der Waals surface area contributed by atoms with Gasteiger partial charge in [0.1, 0.15) is 32.9 Å². The molecule has 0 aromatic heterocycles. The monoisotopic (exact) mass is 896 g/mol. The number of hydrogen-bond donors (Lipinski definition) is 2. The van der Waals surface area contributed by atoms with E-state index in [2.05, 4.69) is 27.7 Å². The van der Waals surface area contributed by atoms with Gasteiger partial charge in [-0.1, -0.05) is 89.5 Å². The van der Waals surface area contributed by atoms with Crippen LogP contribution >= 0.6 is 48.0 Å². The Hall–Kier alpha value is -0.900. The van der Waals surface area contributed by atoms with E-state index in [1.54, 1.807) is 14.2 Å². The summed E-state index contributed by atoms with van der Waals surface area (Å²) in [6.45, 7) is 14.2. The lowest BCUT2D eigenvalue weighted by molar-refractivity contribution is -0.258. The second kappa shape index (κ2) is 24.7. The van der Waals surface area contributed by atoms with E-state index < -0.39 is 36.9 Å². The minimum atomic E-state index is -0.773. The number of aliphatic hydroxyl groups is 2. The number of likely N-dealkylation sites (tertiary alicyclic amines) is 2. The predicted molar refractivity (Wildman–Crippen MR) is 232 cm³/mol. The number of aliphatic hydroxyl groups excluding tert-OH is 2. The lowest BCUT2D eigenvalue weighted by Gasteiger charge is -2.43. The molecular weight excluding hydrogens is 829 g/mol. The number of esters is 2. The van der Waals surface area contributed by atoms with Gasteiger partial charge < -0.3 is 57.9 Å². The van der Waals surface area contributed by atoms with Gasteiger partial charge in [0.25, 0.3) is 0 Å². The van der Waals surface area contributed by atoms with E-state index in [-0.39, 0.29) is 86.5 Å². The highest BCUT2D eigenvalue weighted by Gasteiger charge is 2.47. The third-order valence-electron chi connectivity index (χ3n) is 11.8. The number of hydrogen-bond acceptors (Lipinski definition) is 16. The fourth-order valence-electron chi connectivity index (χ4n) is 8.48. The molecule has 0 aromatic rings. The number of nitrogens with zero attached hydrogens (tertiary/aromatic N) is 2. The maximum Gasteiger partial charge on any atom is 0.329 e. The number of carbonyl (C=O) groups is 2. The van der Waals surface area contributed by atoms with Gasteiger partial charge in [0.2, 0.25) is 0 Å². The Morgan fingerprint density at radius 1 is 0.690 bits per heavy atom. The molecule has 58 heavy (non-hydrogen) atoms. The Bertz CT molecular complexity index is 1190. The molecule has 0 bridgehead atoms. The molecule has 0 radical (unpaired) electrons. The quantitative estimate of drug-likeness (QED) is 0.105. The van der Waals surface area contributed by atoms with Gasteiger partial charge in [-0.25, -0.2) is 9.59 Å². The average molecular weight is 897 g/mol. The van der Waals surface area contributed by atoms with Crippen molar-refractivity contribution in [3.8, 4) is 0 Å². The lowest BCUT2D eigenvalue weighted by atomic mass is 9.84. The molecule has 334 valence electrons. The maximum atomic E-state index is 13.4. The first-order valence-electron chi connectivity index (χ1n) is 20.9. The minimum Gasteiger partial charge on any atom is -0.460 e. The zero-order valence-corrected chi connectivity index (χ0v) is 38.8. The van der Waals surface area contributed by atoms with E-state index in [0.29, 0.717) is 46.1 Å². The van der Waals surface area contributed by atoms with Crippen molar-refractivity contribution in [3.63, 3.8) is 0 Å². The molecule has 2 N–H and O–H groups in total. The molecule has 0 aromatic carbocycles. The van der Waals surface area contributed by atoms with Gasteiger partial charge >= 0.3 is 11.9 Å². The first-order chi connectivity index (χ1) is 27.8. The van der Waals surface area contributed by atoms with Crippen LogP contribution in [-0.2, 0) is 47.5 Å². The summed E-state index contributed by atoms with van der Waals surface area (Å²) < 4.78 is 47.8. The highest BCUT2D eigenvalue weighted by atomic mass is 32.2. The first-order valence-corrected chi connectivity index (χ1v) is 23.7. The van der Waals surface area contributed by atoms with Gasteiger partial charge in [0.15, 0.2) is 12.6 Å². The summed E-state index contributed by atoms with van der Waals surface area (Å²) in [6, 6.07) is -0.929. The van der Waals surface area contributed by atoms with E-state index in [1.165, 1.54) is 23.5 Å². The van der Waals surface area contributed by atoms with Crippen molar-refractivity contribution in [2.45, 2.75) is 141 Å². The lowest BCUT2D eigenvalue weighted by Crippen LogP contribution is -2.52. The summed E-state index contributed by atoms with van der Waals surface area (Å²) in [5.41, 5.74) is 0. The average Bonchev–Trinajstić information content (AvgIpc) is 3.92. The molecule has 0 spiro atoms. The normalized spacial score (nSPS) is 33.8. The largest absolute Gasteiger partial charge is 0.460 e. The van der Waals surface area contributed by atoms with Gasteiger partial charge in [-0.15, -0.1) is 0 Å². The fourth-order valence-corrected chi connectivity index (χ4v) is 11.0. The van der Waals surface area contributed by atoms with Crippen LogP contribution in [-0.4, -0.2) is 167 Å². The van der Waals surface area contributed by atoms with Crippen LogP contribution < -0.4 is 0 Å². The number of thiocarbonyl (C=S) groups is 2. The Kier molecular flexibility index (Phi) is 21.2. The van der Waals surface area contributed by atoms with Crippen molar-refractivity contribution >= 4 is 68.5 Å². The summed E-state index contributed by atoms with van der Waals surface area (Å²) in [6.07, 6.45) is 1.37. The smallest absolute Gasteiger partial charge is 0.329 e. The summed E-state index contributed by atoms with van der Waals surface area (Å²) in [4.78, 5) is 30.7. The van der Waals surface area contributed by atoms with Crippen LogP contribution in [0.25, 0.3) is 0 Å². The Morgan fingerprint density at radius 2 is 1.07 bits per heavy atom. The Labute approximate surface area is 364 Å². The molecule has 14 atom stereocenters. The SMILES string of the molecule is CCC1OC(OC)C(C)C(OC(=O)C2CCCN2C(=S)SCC(O)COCCOCC(O)CSC(=S)N2CCCC2C(=O)OC2C(C)C(CC)OC(OC)C2C)C1C. The van der Waals surface area contributed by atoms with E-state index in [1.807, 2.05) is 23.6 Å². The van der Waals surface area contributed by atoms with Gasteiger partial charge in [-0.2, -0.15) is 0 Å². The van der Waals surface area contributed by atoms with Crippen LogP contribution in [0, 0.1) is 23.7 Å². The van der Waals surface area contributed by atoms with E-state index in [9.17, 15) is 19.8 Å². The van der Waals surface area contributed by atoms with Crippen molar-refractivity contribution in [1.82, 2.24) is 9.80 Å². The van der Waals surface area contributed by atoms with Crippen LogP contribution in [0.3, 0.4) is 0 Å². The number of ether oxygens (including phenoxy) is 8. The minimum absolute atomic E-state index is 0.0322. The maximum absolute atomic E-state index is 13.4.